The number of carboxylic acids is 1. The third-order valence-corrected chi connectivity index (χ3v) is 4.98. The topological polar surface area (TPSA) is 120 Å². The molecule has 1 amide bonds. The van der Waals surface area contributed by atoms with Gasteiger partial charge in [0.2, 0.25) is 0 Å². The summed E-state index contributed by atoms with van der Waals surface area (Å²) in [5.41, 5.74) is -0.620. The zero-order chi connectivity index (χ0) is 15.6. The Morgan fingerprint density at radius 2 is 2.29 bits per heavy atom. The number of amides is 1. The van der Waals surface area contributed by atoms with Gasteiger partial charge in [0.05, 0.1) is 24.4 Å². The number of H-pyrrole nitrogens is 1. The van der Waals surface area contributed by atoms with E-state index in [0.717, 1.165) is 6.33 Å². The van der Waals surface area contributed by atoms with Crippen LogP contribution in [-0.2, 0) is 9.84 Å². The molecule has 2 rings (SSSR count). The summed E-state index contributed by atoms with van der Waals surface area (Å²) in [6.07, 6.45) is 6.59. The van der Waals surface area contributed by atoms with Crippen LogP contribution in [0.3, 0.4) is 0 Å². The molecule has 1 unspecified atom stereocenters. The first-order valence-electron chi connectivity index (χ1n) is 6.07. The van der Waals surface area contributed by atoms with E-state index in [1.807, 2.05) is 0 Å². The fourth-order valence-corrected chi connectivity index (χ4v) is 3.97. The molecule has 2 N–H and O–H groups in total. The number of carboxylic acid groups (broad SMARTS) is 1. The normalized spacial score (nSPS) is 19.9. The van der Waals surface area contributed by atoms with E-state index >= 15 is 0 Å². The zero-order valence-electron chi connectivity index (χ0n) is 10.9. The van der Waals surface area contributed by atoms with Gasteiger partial charge in [-0.2, -0.15) is 0 Å². The van der Waals surface area contributed by atoms with Crippen LogP contribution >= 0.6 is 0 Å². The van der Waals surface area contributed by atoms with Crippen LogP contribution < -0.4 is 0 Å². The van der Waals surface area contributed by atoms with Crippen molar-refractivity contribution in [2.45, 2.75) is 12.5 Å². The Balaban J connectivity index is 2.30. The lowest BCUT2D eigenvalue weighted by Gasteiger charge is -2.25. The number of carbonyl (C=O) groups is 2. The predicted octanol–water partition coefficient (Wildman–Crippen LogP) is -0.630. The number of aromatic amines is 1. The highest BCUT2D eigenvalue weighted by atomic mass is 32.2. The molecule has 2 heterocycles. The lowest BCUT2D eigenvalue weighted by molar-refractivity contribution is 0.0659. The summed E-state index contributed by atoms with van der Waals surface area (Å²) in [6, 6.07) is -0.558. The minimum atomic E-state index is -3.19. The molecule has 0 saturated carbocycles. The molecular formula is C12H13N3O5S. The number of nitrogens with zero attached hydrogens (tertiary/aromatic N) is 2. The Labute approximate surface area is 121 Å². The minimum Gasteiger partial charge on any atom is -0.477 e. The molecule has 0 radical (unpaired) electrons. The van der Waals surface area contributed by atoms with E-state index in [9.17, 15) is 18.0 Å². The lowest BCUT2D eigenvalue weighted by Crippen LogP contribution is -2.42. The summed E-state index contributed by atoms with van der Waals surface area (Å²) in [5.74, 6) is 0.0896. The molecule has 1 atom stereocenters. The number of aromatic carboxylic acids is 1. The van der Waals surface area contributed by atoms with Crippen molar-refractivity contribution in [3.8, 4) is 12.3 Å². The molecule has 21 heavy (non-hydrogen) atoms. The van der Waals surface area contributed by atoms with Gasteiger partial charge in [-0.25, -0.2) is 18.2 Å². The first-order chi connectivity index (χ1) is 9.85. The van der Waals surface area contributed by atoms with Crippen LogP contribution in [0.15, 0.2) is 6.33 Å². The molecule has 1 aliphatic rings. The number of carbonyl (C=O) groups excluding carboxylic acids is 1. The van der Waals surface area contributed by atoms with Gasteiger partial charge in [-0.15, -0.1) is 6.42 Å². The predicted molar refractivity (Wildman–Crippen MR) is 72.5 cm³/mol. The third kappa shape index (κ3) is 3.05. The van der Waals surface area contributed by atoms with Gasteiger partial charge in [0, 0.05) is 6.04 Å². The van der Waals surface area contributed by atoms with Crippen LogP contribution in [0, 0.1) is 12.3 Å². The molecule has 0 bridgehead atoms. The Hall–Kier alpha value is -2.34. The SMILES string of the molecule is C#CCN(C(=O)c1nc[nH]c1C(=O)O)C1CCS(=O)(=O)C1. The number of hydrogen-bond acceptors (Lipinski definition) is 5. The number of nitrogens with one attached hydrogen (secondary N) is 1. The quantitative estimate of drug-likeness (QED) is 0.714. The fourth-order valence-electron chi connectivity index (χ4n) is 2.24. The minimum absolute atomic E-state index is 0.0155. The summed E-state index contributed by atoms with van der Waals surface area (Å²) in [5, 5.41) is 8.99. The molecule has 1 aromatic heterocycles. The number of terminal acetylenes is 1. The molecular weight excluding hydrogens is 298 g/mol. The zero-order valence-corrected chi connectivity index (χ0v) is 11.8. The second-order valence-corrected chi connectivity index (χ2v) is 6.85. The van der Waals surface area contributed by atoms with Crippen LogP contribution in [0.25, 0.3) is 0 Å². The highest BCUT2D eigenvalue weighted by molar-refractivity contribution is 7.91. The van der Waals surface area contributed by atoms with Gasteiger partial charge in [-0.3, -0.25) is 4.79 Å². The maximum atomic E-state index is 12.4. The number of hydrogen-bond donors (Lipinski definition) is 2. The molecule has 8 nitrogen and oxygen atoms in total. The van der Waals surface area contributed by atoms with Crippen molar-refractivity contribution in [3.05, 3.63) is 17.7 Å². The molecule has 0 aromatic carbocycles. The van der Waals surface area contributed by atoms with Crippen LogP contribution in [0.2, 0.25) is 0 Å². The highest BCUT2D eigenvalue weighted by Crippen LogP contribution is 2.20. The molecule has 9 heteroatoms. The number of imidazole rings is 1. The number of sulfone groups is 1. The molecule has 1 saturated heterocycles. The van der Waals surface area contributed by atoms with E-state index in [0.29, 0.717) is 0 Å². The van der Waals surface area contributed by atoms with Crippen molar-refractivity contribution in [2.75, 3.05) is 18.1 Å². The molecule has 1 aromatic rings. The van der Waals surface area contributed by atoms with Gasteiger partial charge in [-0.05, 0) is 6.42 Å². The number of rotatable bonds is 4. The standard InChI is InChI=1S/C12H13N3O5S/c1-2-4-15(8-3-5-21(19,20)6-8)11(16)9-10(12(17)18)14-7-13-9/h1,7-8H,3-6H2,(H,13,14)(H,17,18). The maximum absolute atomic E-state index is 12.4. The third-order valence-electron chi connectivity index (χ3n) is 3.23. The van der Waals surface area contributed by atoms with Crippen LogP contribution in [-0.4, -0.2) is 64.4 Å². The molecule has 112 valence electrons. The van der Waals surface area contributed by atoms with Crippen molar-refractivity contribution in [2.24, 2.45) is 0 Å². The van der Waals surface area contributed by atoms with Gasteiger partial charge in [0.1, 0.15) is 0 Å². The summed E-state index contributed by atoms with van der Waals surface area (Å²) in [4.78, 5) is 30.7. The van der Waals surface area contributed by atoms with E-state index in [-0.39, 0.29) is 35.9 Å². The average Bonchev–Trinajstić information content (AvgIpc) is 3.01. The first kappa shape index (κ1) is 15.1. The van der Waals surface area contributed by atoms with E-state index in [4.69, 9.17) is 11.5 Å². The first-order valence-corrected chi connectivity index (χ1v) is 7.89. The Bertz CT molecular complexity index is 715. The van der Waals surface area contributed by atoms with Crippen LogP contribution in [0.1, 0.15) is 27.4 Å². The summed E-state index contributed by atoms with van der Waals surface area (Å²) < 4.78 is 23.1. The largest absolute Gasteiger partial charge is 0.477 e. The molecule has 0 spiro atoms. The second kappa shape index (κ2) is 5.57. The van der Waals surface area contributed by atoms with Gasteiger partial charge >= 0.3 is 5.97 Å². The lowest BCUT2D eigenvalue weighted by atomic mass is 10.2. The monoisotopic (exact) mass is 311 g/mol. The van der Waals surface area contributed by atoms with Gasteiger partial charge < -0.3 is 15.0 Å². The maximum Gasteiger partial charge on any atom is 0.354 e. The smallest absolute Gasteiger partial charge is 0.354 e. The molecule has 1 fully saturated rings. The van der Waals surface area contributed by atoms with Gasteiger partial charge in [-0.1, -0.05) is 5.92 Å². The van der Waals surface area contributed by atoms with Crippen molar-refractivity contribution >= 4 is 21.7 Å². The second-order valence-electron chi connectivity index (χ2n) is 4.63. The van der Waals surface area contributed by atoms with Gasteiger partial charge in [0.25, 0.3) is 5.91 Å². The molecule has 0 aliphatic carbocycles. The Morgan fingerprint density at radius 3 is 2.81 bits per heavy atom. The van der Waals surface area contributed by atoms with E-state index in [1.54, 1.807) is 0 Å². The van der Waals surface area contributed by atoms with Crippen molar-refractivity contribution < 1.29 is 23.1 Å². The number of aromatic nitrogens is 2. The Morgan fingerprint density at radius 1 is 1.57 bits per heavy atom. The van der Waals surface area contributed by atoms with Gasteiger partial charge in [0.15, 0.2) is 21.2 Å². The summed E-state index contributed by atoms with van der Waals surface area (Å²) in [6.45, 7) is -0.106. The highest BCUT2D eigenvalue weighted by Gasteiger charge is 2.36. The van der Waals surface area contributed by atoms with Crippen molar-refractivity contribution in [1.82, 2.24) is 14.9 Å². The molecule has 1 aliphatic heterocycles. The van der Waals surface area contributed by atoms with Crippen molar-refractivity contribution in [1.29, 1.82) is 0 Å². The van der Waals surface area contributed by atoms with Crippen molar-refractivity contribution in [3.63, 3.8) is 0 Å². The summed E-state index contributed by atoms with van der Waals surface area (Å²) in [7, 11) is -3.19. The van der Waals surface area contributed by atoms with Crippen LogP contribution in [0.5, 0.6) is 0 Å². The van der Waals surface area contributed by atoms with E-state index in [1.165, 1.54) is 4.90 Å². The van der Waals surface area contributed by atoms with Crippen LogP contribution in [0.4, 0.5) is 0 Å². The summed E-state index contributed by atoms with van der Waals surface area (Å²) >= 11 is 0. The van der Waals surface area contributed by atoms with E-state index < -0.39 is 27.8 Å². The Kier molecular flexibility index (Phi) is 3.99. The fraction of sp³-hybridized carbons (Fsp3) is 0.417. The average molecular weight is 311 g/mol. The van der Waals surface area contributed by atoms with E-state index in [2.05, 4.69) is 15.9 Å².